The Kier molecular flexibility index (Phi) is 15.9. The zero-order valence-corrected chi connectivity index (χ0v) is 14.4. The molecule has 5 heteroatoms. The lowest BCUT2D eigenvalue weighted by atomic mass is 10.3. The average molecular weight is 247 g/mol. The van der Waals surface area contributed by atoms with Crippen molar-refractivity contribution in [1.29, 1.82) is 0 Å². The number of rotatable bonds is 6. The summed E-state index contributed by atoms with van der Waals surface area (Å²) in [5.41, 5.74) is 0. The van der Waals surface area contributed by atoms with Crippen LogP contribution in [0.15, 0.2) is 0 Å². The lowest BCUT2D eigenvalue weighted by Crippen LogP contribution is -2.14. The lowest BCUT2D eigenvalue weighted by molar-refractivity contribution is 0.152. The SMILES string of the molecule is CC(C)[O][Al][O]C(C)C.CCC(C)[O][AlH2]. The first-order valence-corrected chi connectivity index (χ1v) is 7.35. The van der Waals surface area contributed by atoms with E-state index < -0.39 is 0 Å². The molecule has 1 radical (unpaired) electrons. The van der Waals surface area contributed by atoms with Gasteiger partial charge in [-0.1, -0.05) is 6.92 Å². The van der Waals surface area contributed by atoms with Gasteiger partial charge in [0.1, 0.15) is 0 Å². The highest BCUT2D eigenvalue weighted by Crippen LogP contribution is 1.89. The van der Waals surface area contributed by atoms with Crippen molar-refractivity contribution in [2.75, 3.05) is 0 Å². The summed E-state index contributed by atoms with van der Waals surface area (Å²) in [6, 6.07) is 0. The molecule has 1 atom stereocenters. The molecule has 0 spiro atoms. The zero-order valence-electron chi connectivity index (χ0n) is 11.2. The molecular formula is C10H25Al2O3. The minimum Gasteiger partial charge on any atom is -0.504 e. The largest absolute Gasteiger partial charge is 0.668 e. The molecule has 0 saturated heterocycles. The Hall–Kier alpha value is 0.945. The van der Waals surface area contributed by atoms with E-state index in [1.165, 1.54) is 0 Å². The van der Waals surface area contributed by atoms with Crippen LogP contribution in [-0.4, -0.2) is 50.8 Å². The molecule has 0 aliphatic carbocycles. The maximum atomic E-state index is 5.21. The molecule has 0 rings (SSSR count). The van der Waals surface area contributed by atoms with E-state index in [4.69, 9.17) is 11.4 Å². The van der Waals surface area contributed by atoms with Crippen molar-refractivity contribution in [2.24, 2.45) is 0 Å². The van der Waals surface area contributed by atoms with E-state index in [1.54, 1.807) is 0 Å². The number of hydrogen-bond acceptors (Lipinski definition) is 3. The second-order valence-electron chi connectivity index (χ2n) is 3.92. The van der Waals surface area contributed by atoms with Crippen molar-refractivity contribution in [1.82, 2.24) is 0 Å². The van der Waals surface area contributed by atoms with Gasteiger partial charge in [0.05, 0.1) is 0 Å². The first-order valence-electron chi connectivity index (χ1n) is 5.59. The van der Waals surface area contributed by atoms with Gasteiger partial charge in [-0.25, -0.2) is 0 Å². The van der Waals surface area contributed by atoms with Crippen molar-refractivity contribution >= 4 is 32.5 Å². The molecule has 0 aliphatic rings. The fraction of sp³-hybridized carbons (Fsp3) is 1.00. The predicted octanol–water partition coefficient (Wildman–Crippen LogP) is 1.72. The minimum atomic E-state index is -0.245. The Balaban J connectivity index is 0. The summed E-state index contributed by atoms with van der Waals surface area (Å²) in [6.45, 7) is 12.3. The molecule has 15 heavy (non-hydrogen) atoms. The van der Waals surface area contributed by atoms with Gasteiger partial charge in [0.25, 0.3) is 0 Å². The molecular weight excluding hydrogens is 222 g/mol. The summed E-state index contributed by atoms with van der Waals surface area (Å²) in [7, 11) is 0. The maximum absolute atomic E-state index is 5.21. The van der Waals surface area contributed by atoms with E-state index in [2.05, 4.69) is 13.8 Å². The zero-order chi connectivity index (χ0) is 12.3. The molecule has 0 aromatic heterocycles. The van der Waals surface area contributed by atoms with E-state index in [1.807, 2.05) is 27.7 Å². The maximum Gasteiger partial charge on any atom is 0.668 e. The quantitative estimate of drug-likeness (QED) is 0.669. The summed E-state index contributed by atoms with van der Waals surface area (Å²) in [6.07, 6.45) is 2.25. The van der Waals surface area contributed by atoms with Crippen molar-refractivity contribution in [2.45, 2.75) is 66.3 Å². The van der Waals surface area contributed by atoms with Gasteiger partial charge in [-0.2, -0.15) is 0 Å². The molecule has 3 nitrogen and oxygen atoms in total. The lowest BCUT2D eigenvalue weighted by Gasteiger charge is -2.09. The smallest absolute Gasteiger partial charge is 0.504 e. The van der Waals surface area contributed by atoms with Gasteiger partial charge in [0.15, 0.2) is 0 Å². The van der Waals surface area contributed by atoms with Crippen molar-refractivity contribution < 1.29 is 11.4 Å². The topological polar surface area (TPSA) is 27.7 Å². The highest BCUT2D eigenvalue weighted by atomic mass is 27.2. The Morgan fingerprint density at radius 3 is 1.53 bits per heavy atom. The van der Waals surface area contributed by atoms with Crippen molar-refractivity contribution in [3.63, 3.8) is 0 Å². The number of hydrogen-bond donors (Lipinski definition) is 0. The molecule has 0 bridgehead atoms. The van der Waals surface area contributed by atoms with Crippen LogP contribution in [0.5, 0.6) is 0 Å². The third kappa shape index (κ3) is 20.9. The van der Waals surface area contributed by atoms with Gasteiger partial charge in [0.2, 0.25) is 0 Å². The Morgan fingerprint density at radius 2 is 1.40 bits per heavy atom. The molecule has 0 aliphatic heterocycles. The molecule has 0 amide bonds. The molecule has 0 aromatic carbocycles. The standard InChI is InChI=1S/C4H9O.2C3H7O.2Al.2H/c1-3-4(2)5;2*1-3(2)4;;;;/h4H,3H2,1-2H3;2*3H,1-2H3;;;;/q3*-1;+1;+2;;. The first-order chi connectivity index (χ1) is 6.93. The van der Waals surface area contributed by atoms with Crippen LogP contribution in [0.2, 0.25) is 0 Å². The summed E-state index contributed by atoms with van der Waals surface area (Å²) in [4.78, 5) is 0. The first kappa shape index (κ1) is 18.3. The van der Waals surface area contributed by atoms with Gasteiger partial charge < -0.3 is 11.4 Å². The summed E-state index contributed by atoms with van der Waals surface area (Å²) in [5, 5.41) is 0. The van der Waals surface area contributed by atoms with Crippen molar-refractivity contribution in [3.8, 4) is 0 Å². The van der Waals surface area contributed by atoms with Crippen LogP contribution in [0.4, 0.5) is 0 Å². The Labute approximate surface area is 110 Å². The molecule has 0 fully saturated rings. The summed E-state index contributed by atoms with van der Waals surface area (Å²) < 4.78 is 15.5. The second-order valence-corrected chi connectivity index (χ2v) is 5.13. The van der Waals surface area contributed by atoms with Gasteiger partial charge >= 0.3 is 32.5 Å². The van der Waals surface area contributed by atoms with E-state index in [0.29, 0.717) is 18.3 Å². The molecule has 89 valence electrons. The fourth-order valence-corrected chi connectivity index (χ4v) is 1.26. The highest BCUT2D eigenvalue weighted by molar-refractivity contribution is 6.18. The fourth-order valence-electron chi connectivity index (χ4n) is 0.421. The summed E-state index contributed by atoms with van der Waals surface area (Å²) in [5.74, 6) is 0. The molecule has 0 heterocycles. The van der Waals surface area contributed by atoms with E-state index in [9.17, 15) is 0 Å². The molecule has 0 aromatic rings. The second kappa shape index (κ2) is 13.0. The normalized spacial score (nSPS) is 12.3. The van der Waals surface area contributed by atoms with Crippen LogP contribution in [-0.2, 0) is 11.4 Å². The molecule has 0 N–H and O–H groups in total. The van der Waals surface area contributed by atoms with E-state index in [0.717, 1.165) is 23.0 Å². The van der Waals surface area contributed by atoms with Gasteiger partial charge in [-0.15, -0.1) is 0 Å². The van der Waals surface area contributed by atoms with Crippen LogP contribution < -0.4 is 0 Å². The van der Waals surface area contributed by atoms with E-state index in [-0.39, 0.29) is 15.9 Å². The van der Waals surface area contributed by atoms with E-state index >= 15 is 0 Å². The van der Waals surface area contributed by atoms with Gasteiger partial charge in [-0.3, -0.25) is 0 Å². The third-order valence-corrected chi connectivity index (χ3v) is 3.75. The average Bonchev–Trinajstić information content (AvgIpc) is 2.16. The molecule has 0 saturated carbocycles. The van der Waals surface area contributed by atoms with Crippen LogP contribution in [0.3, 0.4) is 0 Å². The van der Waals surface area contributed by atoms with Gasteiger partial charge in [0, 0.05) is 18.3 Å². The van der Waals surface area contributed by atoms with Crippen LogP contribution in [0.1, 0.15) is 48.0 Å². The van der Waals surface area contributed by atoms with Gasteiger partial charge in [-0.05, 0) is 41.0 Å². The minimum absolute atomic E-state index is 0.245. The Bertz CT molecular complexity index is 109. The highest BCUT2D eigenvalue weighted by Gasteiger charge is 2.01. The predicted molar refractivity (Wildman–Crippen MR) is 67.6 cm³/mol. The van der Waals surface area contributed by atoms with Crippen LogP contribution in [0, 0.1) is 0 Å². The summed E-state index contributed by atoms with van der Waals surface area (Å²) >= 11 is 0.637. The van der Waals surface area contributed by atoms with Crippen LogP contribution in [0.25, 0.3) is 0 Å². The monoisotopic (exact) mass is 247 g/mol. The Morgan fingerprint density at radius 1 is 1.00 bits per heavy atom. The van der Waals surface area contributed by atoms with Crippen LogP contribution >= 0.6 is 0 Å². The van der Waals surface area contributed by atoms with Crippen molar-refractivity contribution in [3.05, 3.63) is 0 Å². The third-order valence-electron chi connectivity index (χ3n) is 1.63. The molecule has 1 unspecified atom stereocenters.